The van der Waals surface area contributed by atoms with Crippen LogP contribution in [0, 0.1) is 11.5 Å². The zero-order valence-corrected chi connectivity index (χ0v) is 20.8. The minimum atomic E-state index is -2.81. The topological polar surface area (TPSA) is 84.3 Å². The number of thiophene rings is 1. The number of alkyl halides is 2. The maximum Gasteiger partial charge on any atom is 0.420 e. The van der Waals surface area contributed by atoms with Crippen LogP contribution >= 0.6 is 11.3 Å². The molecule has 176 valence electrons. The predicted molar refractivity (Wildman–Crippen MR) is 130 cm³/mol. The molecule has 2 heterocycles. The first-order valence-electron chi connectivity index (χ1n) is 10.4. The first-order valence-corrected chi connectivity index (χ1v) is 11.2. The van der Waals surface area contributed by atoms with Gasteiger partial charge in [-0.3, -0.25) is 0 Å². The molecule has 2 N–H and O–H groups in total. The quantitative estimate of drug-likeness (QED) is 0.276. The van der Waals surface area contributed by atoms with E-state index in [9.17, 15) is 13.6 Å². The second-order valence-corrected chi connectivity index (χ2v) is 10.2. The van der Waals surface area contributed by atoms with Crippen molar-refractivity contribution >= 4 is 45.8 Å². The Morgan fingerprint density at radius 3 is 2.42 bits per heavy atom. The lowest BCUT2D eigenvalue weighted by Gasteiger charge is -2.22. The number of nitrogens with zero attached hydrogens (tertiary/aromatic N) is 3. The van der Waals surface area contributed by atoms with Crippen LogP contribution in [-0.4, -0.2) is 42.6 Å². The van der Waals surface area contributed by atoms with E-state index in [1.165, 1.54) is 15.7 Å². The Balaban J connectivity index is 2.95. The average Bonchev–Trinajstić information content (AvgIpc) is 3.16. The number of hydrogen-bond donors (Lipinski definition) is 1. The number of nitrogens with two attached hydrogens (primary N) is 1. The molecule has 10 heteroatoms. The summed E-state index contributed by atoms with van der Waals surface area (Å²) in [4.78, 5) is 15.1. The molecule has 0 saturated heterocycles. The molecule has 0 aliphatic rings. The normalized spacial score (nSPS) is 13.2. The van der Waals surface area contributed by atoms with Gasteiger partial charge in [0.25, 0.3) is 6.43 Å². The fourth-order valence-electron chi connectivity index (χ4n) is 3.67. The van der Waals surface area contributed by atoms with E-state index in [1.54, 1.807) is 33.9 Å². The molecule has 2 rings (SSSR count). The van der Waals surface area contributed by atoms with Crippen molar-refractivity contribution in [1.82, 2.24) is 9.47 Å². The number of aromatic nitrogens is 1. The van der Waals surface area contributed by atoms with Gasteiger partial charge >= 0.3 is 6.09 Å². The Bertz CT molecular complexity index is 1150. The number of fused-ring (bicyclic) bond motifs is 1. The first kappa shape index (κ1) is 26.5. The lowest BCUT2D eigenvalue weighted by atomic mass is 9.92. The predicted octanol–water partition coefficient (Wildman–Crippen LogP) is 5.00. The maximum absolute atomic E-state index is 14.0. The number of halogens is 2. The summed E-state index contributed by atoms with van der Waals surface area (Å²) in [6, 6.07) is 0. The van der Waals surface area contributed by atoms with E-state index >= 15 is 0 Å². The van der Waals surface area contributed by atoms with E-state index in [-0.39, 0.29) is 26.5 Å². The highest BCUT2D eigenvalue weighted by Crippen LogP contribution is 2.43. The highest BCUT2D eigenvalue weighted by molar-refractivity contribution is 7.26. The second-order valence-electron chi connectivity index (χ2n) is 9.16. The SMILES string of the molecule is [B]c1sc2c(c(C(C)C)c(C(/C=C(/C)CN(C)C#N)=C/N)n2C(=O)OC(C)(C)C)c1C(F)F. The van der Waals surface area contributed by atoms with Crippen LogP contribution in [0.3, 0.4) is 0 Å². The molecule has 0 aromatic carbocycles. The number of allylic oxidation sites excluding steroid dienone is 2. The highest BCUT2D eigenvalue weighted by Gasteiger charge is 2.33. The largest absolute Gasteiger partial charge is 0.443 e. The zero-order valence-electron chi connectivity index (χ0n) is 20.0. The van der Waals surface area contributed by atoms with Crippen molar-refractivity contribution in [2.75, 3.05) is 13.6 Å². The first-order chi connectivity index (χ1) is 15.2. The Kier molecular flexibility index (Phi) is 8.02. The van der Waals surface area contributed by atoms with E-state index in [4.69, 9.17) is 23.6 Å². The Labute approximate surface area is 198 Å². The number of rotatable bonds is 6. The van der Waals surface area contributed by atoms with Crippen LogP contribution in [0.4, 0.5) is 13.6 Å². The molecule has 0 fully saturated rings. The lowest BCUT2D eigenvalue weighted by Crippen LogP contribution is -2.28. The molecule has 0 bridgehead atoms. The summed E-state index contributed by atoms with van der Waals surface area (Å²) in [5.41, 5.74) is 7.04. The van der Waals surface area contributed by atoms with Gasteiger partial charge in [-0.05, 0) is 44.0 Å². The maximum atomic E-state index is 14.0. The summed E-state index contributed by atoms with van der Waals surface area (Å²) < 4.78 is 34.9. The Hall–Kier alpha value is -2.80. The standard InChI is InChI=1S/C23H29BF2N4O2S/c1-12(2)15-16-17(20(25)26)19(24)33-21(16)30(22(31)32-23(4,5)6)18(15)14(9-27)8-13(3)10-29(7)11-28/h8-9,12,20H,10,27H2,1-7H3/b13-8-,14-9+. The van der Waals surface area contributed by atoms with Crippen molar-refractivity contribution in [1.29, 1.82) is 5.26 Å². The van der Waals surface area contributed by atoms with Crippen LogP contribution in [-0.2, 0) is 4.74 Å². The van der Waals surface area contributed by atoms with Gasteiger partial charge in [0.1, 0.15) is 18.3 Å². The smallest absolute Gasteiger partial charge is 0.420 e. The molecule has 0 aliphatic heterocycles. The van der Waals surface area contributed by atoms with Gasteiger partial charge < -0.3 is 15.4 Å². The van der Waals surface area contributed by atoms with Crippen LogP contribution in [0.2, 0.25) is 0 Å². The fourth-order valence-corrected chi connectivity index (χ4v) is 4.76. The molecule has 0 amide bonds. The Morgan fingerprint density at radius 2 is 1.97 bits per heavy atom. The monoisotopic (exact) mass is 474 g/mol. The molecule has 2 radical (unpaired) electrons. The van der Waals surface area contributed by atoms with Crippen LogP contribution in [0.25, 0.3) is 15.8 Å². The molecular weight excluding hydrogens is 445 g/mol. The van der Waals surface area contributed by atoms with Gasteiger partial charge in [0, 0.05) is 36.3 Å². The molecule has 0 aliphatic carbocycles. The van der Waals surface area contributed by atoms with Gasteiger partial charge in [-0.2, -0.15) is 5.26 Å². The van der Waals surface area contributed by atoms with E-state index in [2.05, 4.69) is 0 Å². The molecular formula is C23H29BF2N4O2S. The van der Waals surface area contributed by atoms with E-state index < -0.39 is 18.1 Å². The highest BCUT2D eigenvalue weighted by atomic mass is 32.1. The number of likely N-dealkylation sites (N-methyl/N-ethyl adjacent to an activating group) is 1. The number of ether oxygens (including phenoxy) is 1. The number of carbonyl (C=O) groups is 1. The van der Waals surface area contributed by atoms with Crippen LogP contribution in [0.5, 0.6) is 0 Å². The van der Waals surface area contributed by atoms with E-state index in [1.807, 2.05) is 27.0 Å². The third-order valence-electron chi connectivity index (χ3n) is 4.79. The summed E-state index contributed by atoms with van der Waals surface area (Å²) in [6.07, 6.45) is 1.56. The summed E-state index contributed by atoms with van der Waals surface area (Å²) in [7, 11) is 7.60. The van der Waals surface area contributed by atoms with Crippen LogP contribution in [0.15, 0.2) is 17.8 Å². The molecule has 2 aromatic rings. The Morgan fingerprint density at radius 1 is 1.36 bits per heavy atom. The van der Waals surface area contributed by atoms with Crippen molar-refractivity contribution in [3.8, 4) is 6.19 Å². The third-order valence-corrected chi connectivity index (χ3v) is 5.81. The van der Waals surface area contributed by atoms with Crippen molar-refractivity contribution in [2.45, 2.75) is 59.5 Å². The summed E-state index contributed by atoms with van der Waals surface area (Å²) in [5.74, 6) is -0.233. The van der Waals surface area contributed by atoms with Gasteiger partial charge in [0.05, 0.1) is 5.69 Å². The van der Waals surface area contributed by atoms with Crippen molar-refractivity contribution < 1.29 is 18.3 Å². The fraction of sp³-hybridized carbons (Fsp3) is 0.478. The summed E-state index contributed by atoms with van der Waals surface area (Å²) in [5, 5.41) is 9.33. The average molecular weight is 474 g/mol. The van der Waals surface area contributed by atoms with Crippen molar-refractivity contribution in [3.63, 3.8) is 0 Å². The molecule has 0 unspecified atom stereocenters. The molecule has 33 heavy (non-hydrogen) atoms. The lowest BCUT2D eigenvalue weighted by molar-refractivity contribution is 0.0543. The zero-order chi connectivity index (χ0) is 25.2. The van der Waals surface area contributed by atoms with Gasteiger partial charge in [-0.1, -0.05) is 25.5 Å². The van der Waals surface area contributed by atoms with Gasteiger partial charge in [0.15, 0.2) is 6.19 Å². The summed E-state index contributed by atoms with van der Waals surface area (Å²) in [6.45, 7) is 11.0. The molecule has 0 saturated carbocycles. The number of carbonyl (C=O) groups excluding carboxylic acids is 1. The number of nitriles is 1. The molecule has 6 nitrogen and oxygen atoms in total. The van der Waals surface area contributed by atoms with Gasteiger partial charge in [-0.15, -0.1) is 11.3 Å². The van der Waals surface area contributed by atoms with Crippen LogP contribution in [0.1, 0.15) is 70.7 Å². The number of hydrogen-bond acceptors (Lipinski definition) is 6. The van der Waals surface area contributed by atoms with Gasteiger partial charge in [0.2, 0.25) is 0 Å². The van der Waals surface area contributed by atoms with Crippen molar-refractivity contribution in [3.05, 3.63) is 34.7 Å². The van der Waals surface area contributed by atoms with E-state index in [0.29, 0.717) is 23.4 Å². The van der Waals surface area contributed by atoms with Gasteiger partial charge in [-0.25, -0.2) is 18.1 Å². The second kappa shape index (κ2) is 10.00. The molecule has 0 spiro atoms. The van der Waals surface area contributed by atoms with E-state index in [0.717, 1.165) is 16.9 Å². The minimum absolute atomic E-state index is 0.0404. The summed E-state index contributed by atoms with van der Waals surface area (Å²) >= 11 is 0.921. The van der Waals surface area contributed by atoms with Crippen molar-refractivity contribution in [2.24, 2.45) is 5.73 Å². The molecule has 2 aromatic heterocycles. The van der Waals surface area contributed by atoms with Crippen LogP contribution < -0.4 is 10.5 Å². The third kappa shape index (κ3) is 5.59. The minimum Gasteiger partial charge on any atom is -0.443 e. The molecule has 0 atom stereocenters.